The summed E-state index contributed by atoms with van der Waals surface area (Å²) in [5.41, 5.74) is 0. The Bertz CT molecular complexity index is 723. The van der Waals surface area contributed by atoms with E-state index in [1.165, 1.54) is 30.5 Å². The number of benzene rings is 1. The summed E-state index contributed by atoms with van der Waals surface area (Å²) < 4.78 is 23.4. The monoisotopic (exact) mass is 360 g/mol. The van der Waals surface area contributed by atoms with Crippen LogP contribution in [0.2, 0.25) is 0 Å². The van der Waals surface area contributed by atoms with Crippen molar-refractivity contribution in [2.24, 2.45) is 0 Å². The average Bonchev–Trinajstić information content (AvgIpc) is 3.18. The van der Waals surface area contributed by atoms with Gasteiger partial charge in [-0.05, 0) is 49.2 Å². The number of hydrogen-bond donors (Lipinski definition) is 1. The molecule has 7 heteroatoms. The molecule has 2 heterocycles. The second kappa shape index (κ2) is 8.51. The minimum atomic E-state index is -0.327. The molecule has 1 aliphatic rings. The van der Waals surface area contributed by atoms with Crippen molar-refractivity contribution >= 4 is 11.8 Å². The number of piperidine rings is 1. The van der Waals surface area contributed by atoms with Gasteiger partial charge in [0, 0.05) is 19.1 Å². The standard InChI is InChI=1S/C19H21FN2O4/c20-14-3-5-16(6-4-14)25-13-9-18(23)21-15-7-10-22(11-8-15)19(24)17-2-1-12-26-17/h1-6,12,15H,7-11,13H2,(H,21,23). The van der Waals surface area contributed by atoms with Crippen LogP contribution in [0.4, 0.5) is 4.39 Å². The van der Waals surface area contributed by atoms with Gasteiger partial charge in [-0.3, -0.25) is 9.59 Å². The van der Waals surface area contributed by atoms with Crippen LogP contribution >= 0.6 is 0 Å². The molecule has 26 heavy (non-hydrogen) atoms. The van der Waals surface area contributed by atoms with Crippen molar-refractivity contribution in [3.8, 4) is 5.75 Å². The minimum absolute atomic E-state index is 0.0500. The number of carbonyl (C=O) groups excluding carboxylic acids is 2. The molecule has 1 fully saturated rings. The highest BCUT2D eigenvalue weighted by molar-refractivity contribution is 5.91. The second-order valence-electron chi connectivity index (χ2n) is 6.16. The van der Waals surface area contributed by atoms with E-state index < -0.39 is 0 Å². The molecule has 2 aromatic rings. The van der Waals surface area contributed by atoms with Crippen molar-refractivity contribution in [2.45, 2.75) is 25.3 Å². The van der Waals surface area contributed by atoms with Gasteiger partial charge < -0.3 is 19.4 Å². The molecule has 1 aromatic carbocycles. The number of likely N-dealkylation sites (tertiary alicyclic amines) is 1. The molecule has 0 bridgehead atoms. The van der Waals surface area contributed by atoms with E-state index in [0.717, 1.165) is 0 Å². The van der Waals surface area contributed by atoms with Crippen LogP contribution in [0.25, 0.3) is 0 Å². The number of nitrogens with zero attached hydrogens (tertiary/aromatic N) is 1. The summed E-state index contributed by atoms with van der Waals surface area (Å²) in [5.74, 6) is 0.330. The quantitative estimate of drug-likeness (QED) is 0.860. The van der Waals surface area contributed by atoms with E-state index in [1.807, 2.05) is 0 Å². The number of carbonyl (C=O) groups is 2. The zero-order valence-corrected chi connectivity index (χ0v) is 14.3. The summed E-state index contributed by atoms with van der Waals surface area (Å²) in [6.45, 7) is 1.39. The maximum absolute atomic E-state index is 12.8. The maximum atomic E-state index is 12.8. The zero-order chi connectivity index (χ0) is 18.4. The molecular weight excluding hydrogens is 339 g/mol. The van der Waals surface area contributed by atoms with E-state index >= 15 is 0 Å². The van der Waals surface area contributed by atoms with E-state index in [9.17, 15) is 14.0 Å². The molecule has 0 atom stereocenters. The molecule has 1 saturated heterocycles. The molecule has 0 unspecified atom stereocenters. The van der Waals surface area contributed by atoms with Gasteiger partial charge in [-0.15, -0.1) is 0 Å². The molecule has 1 aliphatic heterocycles. The van der Waals surface area contributed by atoms with Crippen molar-refractivity contribution in [2.75, 3.05) is 19.7 Å². The van der Waals surface area contributed by atoms with Crippen LogP contribution in [0, 0.1) is 5.82 Å². The normalized spacial score (nSPS) is 14.9. The molecule has 3 rings (SSSR count). The minimum Gasteiger partial charge on any atom is -0.493 e. The molecule has 0 spiro atoms. The molecule has 0 saturated carbocycles. The smallest absolute Gasteiger partial charge is 0.289 e. The average molecular weight is 360 g/mol. The molecule has 1 aromatic heterocycles. The number of rotatable bonds is 6. The Labute approximate surface area is 150 Å². The summed E-state index contributed by atoms with van der Waals surface area (Å²) in [5, 5.41) is 2.97. The van der Waals surface area contributed by atoms with Gasteiger partial charge in [-0.1, -0.05) is 0 Å². The van der Waals surface area contributed by atoms with E-state index in [1.54, 1.807) is 17.0 Å². The molecular formula is C19H21FN2O4. The number of hydrogen-bond acceptors (Lipinski definition) is 4. The van der Waals surface area contributed by atoms with Crippen LogP contribution in [0.1, 0.15) is 29.8 Å². The van der Waals surface area contributed by atoms with E-state index in [4.69, 9.17) is 9.15 Å². The lowest BCUT2D eigenvalue weighted by atomic mass is 10.0. The largest absolute Gasteiger partial charge is 0.493 e. The molecule has 138 valence electrons. The van der Waals surface area contributed by atoms with Gasteiger partial charge in [-0.25, -0.2) is 4.39 Å². The highest BCUT2D eigenvalue weighted by Gasteiger charge is 2.25. The van der Waals surface area contributed by atoms with Crippen LogP contribution in [-0.2, 0) is 4.79 Å². The first-order valence-electron chi connectivity index (χ1n) is 8.62. The number of furan rings is 1. The fourth-order valence-electron chi connectivity index (χ4n) is 2.88. The molecule has 0 aliphatic carbocycles. The van der Waals surface area contributed by atoms with E-state index in [-0.39, 0.29) is 36.7 Å². The van der Waals surface area contributed by atoms with Crippen LogP contribution in [-0.4, -0.2) is 42.5 Å². The Balaban J connectivity index is 1.35. The summed E-state index contributed by atoms with van der Waals surface area (Å²) in [6, 6.07) is 9.07. The predicted octanol–water partition coefficient (Wildman–Crippen LogP) is 2.61. The topological polar surface area (TPSA) is 71.8 Å². The fraction of sp³-hybridized carbons (Fsp3) is 0.368. The van der Waals surface area contributed by atoms with Crippen molar-refractivity contribution in [1.82, 2.24) is 10.2 Å². The van der Waals surface area contributed by atoms with Gasteiger partial charge in [0.25, 0.3) is 5.91 Å². The van der Waals surface area contributed by atoms with Crippen LogP contribution in [0.15, 0.2) is 47.1 Å². The zero-order valence-electron chi connectivity index (χ0n) is 14.3. The van der Waals surface area contributed by atoms with Gasteiger partial charge in [0.05, 0.1) is 19.3 Å². The molecule has 0 radical (unpaired) electrons. The molecule has 6 nitrogen and oxygen atoms in total. The van der Waals surface area contributed by atoms with Gasteiger partial charge >= 0.3 is 0 Å². The number of amides is 2. The van der Waals surface area contributed by atoms with Crippen molar-refractivity contribution < 1.29 is 23.1 Å². The number of ether oxygens (including phenoxy) is 1. The first-order valence-corrected chi connectivity index (χ1v) is 8.62. The molecule has 2 amide bonds. The van der Waals surface area contributed by atoms with Crippen molar-refractivity contribution in [3.05, 3.63) is 54.2 Å². The third kappa shape index (κ3) is 4.84. The van der Waals surface area contributed by atoms with Crippen LogP contribution in [0.5, 0.6) is 5.75 Å². The Kier molecular flexibility index (Phi) is 5.88. The lowest BCUT2D eigenvalue weighted by molar-refractivity contribution is -0.122. The van der Waals surface area contributed by atoms with Gasteiger partial charge in [0.2, 0.25) is 5.91 Å². The summed E-state index contributed by atoms with van der Waals surface area (Å²) >= 11 is 0. The van der Waals surface area contributed by atoms with Gasteiger partial charge in [0.15, 0.2) is 5.76 Å². The Morgan fingerprint density at radius 3 is 2.58 bits per heavy atom. The summed E-state index contributed by atoms with van der Waals surface area (Å²) in [6.07, 6.45) is 3.12. The fourth-order valence-corrected chi connectivity index (χ4v) is 2.88. The van der Waals surface area contributed by atoms with E-state index in [0.29, 0.717) is 37.4 Å². The third-order valence-corrected chi connectivity index (χ3v) is 4.29. The Morgan fingerprint density at radius 2 is 1.92 bits per heavy atom. The number of nitrogens with one attached hydrogen (secondary N) is 1. The van der Waals surface area contributed by atoms with Crippen LogP contribution < -0.4 is 10.1 Å². The Morgan fingerprint density at radius 1 is 1.19 bits per heavy atom. The summed E-state index contributed by atoms with van der Waals surface area (Å²) in [7, 11) is 0. The first-order chi connectivity index (χ1) is 12.6. The highest BCUT2D eigenvalue weighted by Crippen LogP contribution is 2.15. The van der Waals surface area contributed by atoms with E-state index in [2.05, 4.69) is 5.32 Å². The highest BCUT2D eigenvalue weighted by atomic mass is 19.1. The second-order valence-corrected chi connectivity index (χ2v) is 6.16. The van der Waals surface area contributed by atoms with Gasteiger partial charge in [0.1, 0.15) is 11.6 Å². The lowest BCUT2D eigenvalue weighted by Crippen LogP contribution is -2.46. The van der Waals surface area contributed by atoms with Crippen LogP contribution in [0.3, 0.4) is 0 Å². The predicted molar refractivity (Wildman–Crippen MR) is 92.3 cm³/mol. The van der Waals surface area contributed by atoms with Crippen molar-refractivity contribution in [1.29, 1.82) is 0 Å². The maximum Gasteiger partial charge on any atom is 0.289 e. The lowest BCUT2D eigenvalue weighted by Gasteiger charge is -2.31. The Hall–Kier alpha value is -2.83. The first kappa shape index (κ1) is 18.0. The number of halogens is 1. The summed E-state index contributed by atoms with van der Waals surface area (Å²) in [4.78, 5) is 25.9. The molecule has 1 N–H and O–H groups in total. The SMILES string of the molecule is O=C(CCOc1ccc(F)cc1)NC1CCN(C(=O)c2ccco2)CC1. The third-order valence-electron chi connectivity index (χ3n) is 4.29. The van der Waals surface area contributed by atoms with Gasteiger partial charge in [-0.2, -0.15) is 0 Å². The van der Waals surface area contributed by atoms with Crippen molar-refractivity contribution in [3.63, 3.8) is 0 Å².